The number of benzene rings is 2. The van der Waals surface area contributed by atoms with Crippen molar-refractivity contribution in [2.45, 2.75) is 31.1 Å². The van der Waals surface area contributed by atoms with E-state index in [0.29, 0.717) is 17.5 Å². The molecule has 0 radical (unpaired) electrons. The summed E-state index contributed by atoms with van der Waals surface area (Å²) < 4.78 is 79.3. The lowest BCUT2D eigenvalue weighted by atomic mass is 9.80. The molecular formula is C22H21F6N3. The number of aryl methyl sites for hydroxylation is 1. The first kappa shape index (κ1) is 20.5. The zero-order valence-corrected chi connectivity index (χ0v) is 16.5. The van der Waals surface area contributed by atoms with Crippen molar-refractivity contribution in [2.24, 2.45) is 5.92 Å². The van der Waals surface area contributed by atoms with E-state index in [0.717, 1.165) is 62.3 Å². The minimum absolute atomic E-state index is 0.147. The maximum absolute atomic E-state index is 13.2. The monoisotopic (exact) mass is 441 g/mol. The summed E-state index contributed by atoms with van der Waals surface area (Å²) in [6, 6.07) is 5.36. The van der Waals surface area contributed by atoms with E-state index < -0.39 is 23.5 Å². The third-order valence-electron chi connectivity index (χ3n) is 6.48. The Labute approximate surface area is 175 Å². The minimum atomic E-state index is -4.87. The molecule has 0 bridgehead atoms. The molecule has 0 aliphatic carbocycles. The Hall–Kier alpha value is -2.42. The van der Waals surface area contributed by atoms with Crippen molar-refractivity contribution in [3.8, 4) is 0 Å². The largest absolute Gasteiger partial charge is 0.416 e. The summed E-state index contributed by atoms with van der Waals surface area (Å²) in [4.78, 5) is 2.37. The van der Waals surface area contributed by atoms with Gasteiger partial charge in [0.05, 0.1) is 11.1 Å². The Kier molecular flexibility index (Phi) is 4.66. The number of anilines is 3. The normalized spacial score (nSPS) is 22.8. The molecule has 1 saturated heterocycles. The van der Waals surface area contributed by atoms with Crippen LogP contribution in [0, 0.1) is 5.92 Å². The van der Waals surface area contributed by atoms with Gasteiger partial charge in [0.1, 0.15) is 0 Å². The van der Waals surface area contributed by atoms with Crippen LogP contribution >= 0.6 is 0 Å². The predicted molar refractivity (Wildman–Crippen MR) is 106 cm³/mol. The van der Waals surface area contributed by atoms with Gasteiger partial charge in [0, 0.05) is 49.2 Å². The molecule has 0 aromatic heterocycles. The smallest absolute Gasteiger partial charge is 0.371 e. The molecule has 3 heterocycles. The van der Waals surface area contributed by atoms with Crippen LogP contribution in [0.5, 0.6) is 0 Å². The fourth-order valence-corrected chi connectivity index (χ4v) is 5.17. The van der Waals surface area contributed by atoms with Crippen LogP contribution in [0.4, 0.5) is 43.4 Å². The third kappa shape index (κ3) is 3.73. The molecule has 2 atom stereocenters. The molecule has 0 spiro atoms. The zero-order chi connectivity index (χ0) is 22.0. The lowest BCUT2D eigenvalue weighted by molar-refractivity contribution is -0.143. The van der Waals surface area contributed by atoms with Gasteiger partial charge in [-0.2, -0.15) is 26.3 Å². The van der Waals surface area contributed by atoms with Crippen molar-refractivity contribution >= 4 is 17.1 Å². The zero-order valence-electron chi connectivity index (χ0n) is 16.5. The summed E-state index contributed by atoms with van der Waals surface area (Å²) in [5.74, 6) is 0.760. The number of hydrogen-bond acceptors (Lipinski definition) is 3. The highest BCUT2D eigenvalue weighted by Gasteiger charge is 2.39. The van der Waals surface area contributed by atoms with Gasteiger partial charge in [-0.05, 0) is 60.2 Å². The molecule has 2 N–H and O–H groups in total. The average Bonchev–Trinajstić information content (AvgIpc) is 3.15. The van der Waals surface area contributed by atoms with Crippen molar-refractivity contribution < 1.29 is 26.3 Å². The van der Waals surface area contributed by atoms with E-state index in [4.69, 9.17) is 0 Å². The van der Waals surface area contributed by atoms with Gasteiger partial charge in [-0.25, -0.2) is 0 Å². The van der Waals surface area contributed by atoms with Crippen molar-refractivity contribution in [1.82, 2.24) is 5.32 Å². The van der Waals surface area contributed by atoms with Crippen molar-refractivity contribution in [2.75, 3.05) is 36.4 Å². The molecule has 0 saturated carbocycles. The van der Waals surface area contributed by atoms with Crippen LogP contribution in [0.15, 0.2) is 30.3 Å². The summed E-state index contributed by atoms with van der Waals surface area (Å²) in [7, 11) is 0. The Morgan fingerprint density at radius 3 is 2.23 bits per heavy atom. The lowest BCUT2D eigenvalue weighted by Crippen LogP contribution is -2.41. The number of nitrogens with zero attached hydrogens (tertiary/aromatic N) is 1. The van der Waals surface area contributed by atoms with Gasteiger partial charge in [0.25, 0.3) is 0 Å². The van der Waals surface area contributed by atoms with E-state index in [-0.39, 0.29) is 11.8 Å². The van der Waals surface area contributed by atoms with Gasteiger partial charge < -0.3 is 15.5 Å². The standard InChI is InChI=1S/C22H21F6N3/c23-21(24,25)14-5-15(22(26,27)28)7-17(6-14)30-16-4-12-2-1-3-31-11-13-9-29-10-19(13)18(8-16)20(12)31/h4-8,13,19,29-30H,1-3,9-11H2/t13-,19-/m1/s1. The molecule has 166 valence electrons. The molecule has 31 heavy (non-hydrogen) atoms. The van der Waals surface area contributed by atoms with E-state index in [1.807, 2.05) is 12.1 Å². The molecule has 2 aromatic rings. The molecule has 3 aliphatic rings. The fraction of sp³-hybridized carbons (Fsp3) is 0.455. The van der Waals surface area contributed by atoms with E-state index in [1.54, 1.807) is 0 Å². The highest BCUT2D eigenvalue weighted by Crippen LogP contribution is 2.46. The number of alkyl halides is 6. The number of hydrogen-bond donors (Lipinski definition) is 2. The first-order chi connectivity index (χ1) is 14.6. The van der Waals surface area contributed by atoms with E-state index in [1.165, 1.54) is 5.69 Å². The summed E-state index contributed by atoms with van der Waals surface area (Å²) in [6.07, 6.45) is -7.93. The van der Waals surface area contributed by atoms with Gasteiger partial charge >= 0.3 is 12.4 Å². The topological polar surface area (TPSA) is 27.3 Å². The summed E-state index contributed by atoms with van der Waals surface area (Å²) in [6.45, 7) is 3.69. The minimum Gasteiger partial charge on any atom is -0.371 e. The fourth-order valence-electron chi connectivity index (χ4n) is 5.17. The Morgan fingerprint density at radius 1 is 0.871 bits per heavy atom. The lowest BCUT2D eigenvalue weighted by Gasteiger charge is -2.42. The highest BCUT2D eigenvalue weighted by atomic mass is 19.4. The number of halogens is 6. The Balaban J connectivity index is 1.56. The SMILES string of the molecule is FC(F)(F)c1cc(Nc2cc3c4c(c2)[C@@H]2CNC[C@@H]2CN4CCC3)cc(C(F)(F)F)c1. The summed E-state index contributed by atoms with van der Waals surface area (Å²) in [5.41, 5.74) is 1.07. The molecule has 3 nitrogen and oxygen atoms in total. The van der Waals surface area contributed by atoms with E-state index in [9.17, 15) is 26.3 Å². The molecule has 3 aliphatic heterocycles. The molecule has 0 unspecified atom stereocenters. The molecule has 1 fully saturated rings. The second kappa shape index (κ2) is 7.05. The van der Waals surface area contributed by atoms with Crippen LogP contribution in [0.2, 0.25) is 0 Å². The van der Waals surface area contributed by atoms with Gasteiger partial charge in [-0.3, -0.25) is 0 Å². The molecule has 2 aromatic carbocycles. The average molecular weight is 441 g/mol. The number of rotatable bonds is 2. The van der Waals surface area contributed by atoms with Crippen LogP contribution in [0.25, 0.3) is 0 Å². The first-order valence-corrected chi connectivity index (χ1v) is 10.3. The molecule has 0 amide bonds. The maximum Gasteiger partial charge on any atom is 0.416 e. The summed E-state index contributed by atoms with van der Waals surface area (Å²) in [5, 5.41) is 6.24. The quantitative estimate of drug-likeness (QED) is 0.600. The third-order valence-corrected chi connectivity index (χ3v) is 6.48. The predicted octanol–water partition coefficient (Wildman–Crippen LogP) is 5.54. The van der Waals surface area contributed by atoms with Crippen LogP contribution in [0.3, 0.4) is 0 Å². The maximum atomic E-state index is 13.2. The van der Waals surface area contributed by atoms with Crippen LogP contribution in [-0.2, 0) is 18.8 Å². The van der Waals surface area contributed by atoms with Crippen molar-refractivity contribution in [1.29, 1.82) is 0 Å². The van der Waals surface area contributed by atoms with Gasteiger partial charge in [0.2, 0.25) is 0 Å². The van der Waals surface area contributed by atoms with Crippen LogP contribution in [0.1, 0.15) is 34.6 Å². The van der Waals surface area contributed by atoms with E-state index >= 15 is 0 Å². The first-order valence-electron chi connectivity index (χ1n) is 10.3. The van der Waals surface area contributed by atoms with E-state index in [2.05, 4.69) is 15.5 Å². The summed E-state index contributed by atoms with van der Waals surface area (Å²) >= 11 is 0. The molecular weight excluding hydrogens is 420 g/mol. The highest BCUT2D eigenvalue weighted by molar-refractivity contribution is 5.73. The van der Waals surface area contributed by atoms with Crippen molar-refractivity contribution in [3.05, 3.63) is 52.6 Å². The Morgan fingerprint density at radius 2 is 1.55 bits per heavy atom. The second-order valence-corrected chi connectivity index (χ2v) is 8.57. The Bertz CT molecular complexity index is 981. The number of nitrogens with one attached hydrogen (secondary N) is 2. The number of fused-ring (bicyclic) bond motifs is 2. The molecule has 9 heteroatoms. The van der Waals surface area contributed by atoms with Crippen molar-refractivity contribution in [3.63, 3.8) is 0 Å². The molecule has 5 rings (SSSR count). The van der Waals surface area contributed by atoms with Gasteiger partial charge in [-0.1, -0.05) is 0 Å². The van der Waals surface area contributed by atoms with Gasteiger partial charge in [-0.15, -0.1) is 0 Å². The van der Waals surface area contributed by atoms with Gasteiger partial charge in [0.15, 0.2) is 0 Å². The second-order valence-electron chi connectivity index (χ2n) is 8.57. The van der Waals surface area contributed by atoms with Crippen LogP contribution < -0.4 is 15.5 Å². The van der Waals surface area contributed by atoms with Crippen LogP contribution in [-0.4, -0.2) is 26.2 Å².